The lowest BCUT2D eigenvalue weighted by molar-refractivity contribution is 0.509. The van der Waals surface area contributed by atoms with Crippen LogP contribution in [0.5, 0.6) is 0 Å². The third-order valence-electron chi connectivity index (χ3n) is 2.91. The first-order valence-corrected chi connectivity index (χ1v) is 6.35. The van der Waals surface area contributed by atoms with Crippen LogP contribution in [-0.4, -0.2) is 14.8 Å². The van der Waals surface area contributed by atoms with Crippen molar-refractivity contribution < 1.29 is 0 Å². The molecule has 2 aromatic rings. The first-order chi connectivity index (χ1) is 8.66. The molecule has 0 unspecified atom stereocenters. The van der Waals surface area contributed by atoms with Crippen molar-refractivity contribution in [3.63, 3.8) is 0 Å². The summed E-state index contributed by atoms with van der Waals surface area (Å²) in [7, 11) is 0. The van der Waals surface area contributed by atoms with Gasteiger partial charge in [-0.1, -0.05) is 6.07 Å². The summed E-state index contributed by atoms with van der Waals surface area (Å²) < 4.78 is 1.97. The van der Waals surface area contributed by atoms with Crippen LogP contribution in [0.25, 0.3) is 0 Å². The van der Waals surface area contributed by atoms with Crippen LogP contribution < -0.4 is 5.32 Å². The number of hydrogen-bond acceptors (Lipinski definition) is 3. The second-order valence-electron chi connectivity index (χ2n) is 4.74. The molecule has 0 radical (unpaired) electrons. The van der Waals surface area contributed by atoms with Gasteiger partial charge in [-0.15, -0.1) is 0 Å². The summed E-state index contributed by atoms with van der Waals surface area (Å²) >= 11 is 0. The van der Waals surface area contributed by atoms with Crippen LogP contribution in [0.1, 0.15) is 44.2 Å². The molecule has 0 spiro atoms. The van der Waals surface area contributed by atoms with E-state index in [4.69, 9.17) is 0 Å². The lowest BCUT2D eigenvalue weighted by Gasteiger charge is -2.12. The molecule has 2 rings (SSSR count). The molecule has 4 nitrogen and oxygen atoms in total. The molecule has 0 bridgehead atoms. The first-order valence-electron chi connectivity index (χ1n) is 6.35. The minimum atomic E-state index is 0.232. The second kappa shape index (κ2) is 5.78. The molecule has 0 aliphatic heterocycles. The van der Waals surface area contributed by atoms with Gasteiger partial charge in [0.05, 0.1) is 11.4 Å². The topological polar surface area (TPSA) is 42.7 Å². The van der Waals surface area contributed by atoms with E-state index >= 15 is 0 Å². The van der Waals surface area contributed by atoms with E-state index < -0.39 is 0 Å². The van der Waals surface area contributed by atoms with Crippen LogP contribution in [0.4, 0.5) is 0 Å². The molecule has 18 heavy (non-hydrogen) atoms. The Kier molecular flexibility index (Phi) is 4.10. The molecule has 0 aliphatic carbocycles. The summed E-state index contributed by atoms with van der Waals surface area (Å²) in [5.74, 6) is 0. The van der Waals surface area contributed by atoms with Gasteiger partial charge in [0, 0.05) is 31.0 Å². The SMILES string of the molecule is CC(C)n1ccc(CN[C@@H](C)c2ccccn2)n1. The van der Waals surface area contributed by atoms with Gasteiger partial charge in [-0.25, -0.2) is 0 Å². The maximum Gasteiger partial charge on any atom is 0.0762 e. The molecule has 0 saturated carbocycles. The van der Waals surface area contributed by atoms with E-state index in [0.29, 0.717) is 6.04 Å². The van der Waals surface area contributed by atoms with Crippen molar-refractivity contribution in [3.8, 4) is 0 Å². The normalized spacial score (nSPS) is 12.9. The number of pyridine rings is 1. The second-order valence-corrected chi connectivity index (χ2v) is 4.74. The Hall–Kier alpha value is -1.68. The number of nitrogens with zero attached hydrogens (tertiary/aromatic N) is 3. The maximum atomic E-state index is 4.51. The van der Waals surface area contributed by atoms with E-state index in [0.717, 1.165) is 17.9 Å². The molecule has 0 aliphatic rings. The van der Waals surface area contributed by atoms with E-state index in [1.54, 1.807) is 0 Å². The summed E-state index contributed by atoms with van der Waals surface area (Å²) in [5.41, 5.74) is 2.12. The molecule has 2 aromatic heterocycles. The van der Waals surface area contributed by atoms with Crippen molar-refractivity contribution in [2.75, 3.05) is 0 Å². The molecule has 0 saturated heterocycles. The fourth-order valence-corrected chi connectivity index (χ4v) is 1.75. The molecule has 0 amide bonds. The van der Waals surface area contributed by atoms with Gasteiger partial charge in [0.2, 0.25) is 0 Å². The van der Waals surface area contributed by atoms with Gasteiger partial charge in [-0.2, -0.15) is 5.10 Å². The van der Waals surface area contributed by atoms with Crippen molar-refractivity contribution >= 4 is 0 Å². The molecular weight excluding hydrogens is 224 g/mol. The maximum absolute atomic E-state index is 4.51. The largest absolute Gasteiger partial charge is 0.303 e. The highest BCUT2D eigenvalue weighted by molar-refractivity contribution is 5.08. The predicted molar refractivity (Wildman–Crippen MR) is 72.1 cm³/mol. The third kappa shape index (κ3) is 3.17. The smallest absolute Gasteiger partial charge is 0.0762 e. The average molecular weight is 244 g/mol. The van der Waals surface area contributed by atoms with Gasteiger partial charge in [-0.05, 0) is 39.0 Å². The molecule has 0 fully saturated rings. The lowest BCUT2D eigenvalue weighted by Crippen LogP contribution is -2.19. The molecule has 2 heterocycles. The van der Waals surface area contributed by atoms with Crippen LogP contribution in [0, 0.1) is 0 Å². The van der Waals surface area contributed by atoms with Crippen molar-refractivity contribution in [1.29, 1.82) is 0 Å². The molecule has 96 valence electrons. The summed E-state index contributed by atoms with van der Waals surface area (Å²) in [6.07, 6.45) is 3.84. The van der Waals surface area contributed by atoms with Crippen molar-refractivity contribution in [3.05, 3.63) is 48.0 Å². The summed E-state index contributed by atoms with van der Waals surface area (Å²) in [4.78, 5) is 4.34. The molecular formula is C14H20N4. The van der Waals surface area contributed by atoms with Crippen LogP contribution in [0.3, 0.4) is 0 Å². The fourth-order valence-electron chi connectivity index (χ4n) is 1.75. The van der Waals surface area contributed by atoms with Gasteiger partial charge in [0.25, 0.3) is 0 Å². The van der Waals surface area contributed by atoms with Gasteiger partial charge in [0.1, 0.15) is 0 Å². The number of hydrogen-bond donors (Lipinski definition) is 1. The Morgan fingerprint density at radius 3 is 2.67 bits per heavy atom. The summed E-state index contributed by atoms with van der Waals surface area (Å²) in [6, 6.07) is 8.67. The quantitative estimate of drug-likeness (QED) is 0.879. The highest BCUT2D eigenvalue weighted by Crippen LogP contribution is 2.09. The van der Waals surface area contributed by atoms with E-state index in [1.165, 1.54) is 0 Å². The molecule has 1 atom stereocenters. The van der Waals surface area contributed by atoms with Crippen molar-refractivity contribution in [2.45, 2.75) is 39.4 Å². The van der Waals surface area contributed by atoms with Crippen molar-refractivity contribution in [1.82, 2.24) is 20.1 Å². The zero-order valence-electron chi connectivity index (χ0n) is 11.2. The van der Waals surface area contributed by atoms with Crippen LogP contribution in [0.15, 0.2) is 36.7 Å². The number of aromatic nitrogens is 3. The minimum absolute atomic E-state index is 0.232. The van der Waals surface area contributed by atoms with Gasteiger partial charge < -0.3 is 5.32 Å². The number of rotatable bonds is 5. The Morgan fingerprint density at radius 1 is 1.22 bits per heavy atom. The number of nitrogens with one attached hydrogen (secondary N) is 1. The van der Waals surface area contributed by atoms with Gasteiger partial charge >= 0.3 is 0 Å². The summed E-state index contributed by atoms with van der Waals surface area (Å²) in [6.45, 7) is 7.13. The lowest BCUT2D eigenvalue weighted by atomic mass is 10.2. The van der Waals surface area contributed by atoms with E-state index in [9.17, 15) is 0 Å². The van der Waals surface area contributed by atoms with E-state index in [2.05, 4.69) is 42.2 Å². The highest BCUT2D eigenvalue weighted by Gasteiger charge is 2.07. The molecule has 0 aromatic carbocycles. The van der Waals surface area contributed by atoms with Gasteiger partial charge in [0.15, 0.2) is 0 Å². The highest BCUT2D eigenvalue weighted by atomic mass is 15.3. The van der Waals surface area contributed by atoms with Crippen LogP contribution in [0.2, 0.25) is 0 Å². The Balaban J connectivity index is 1.91. The van der Waals surface area contributed by atoms with Gasteiger partial charge in [-0.3, -0.25) is 9.67 Å². The zero-order valence-corrected chi connectivity index (χ0v) is 11.2. The zero-order chi connectivity index (χ0) is 13.0. The fraction of sp³-hybridized carbons (Fsp3) is 0.429. The van der Waals surface area contributed by atoms with Crippen LogP contribution >= 0.6 is 0 Å². The molecule has 1 N–H and O–H groups in total. The Morgan fingerprint density at radius 2 is 2.06 bits per heavy atom. The van der Waals surface area contributed by atoms with E-state index in [1.807, 2.05) is 35.3 Å². The first kappa shape index (κ1) is 12.8. The monoisotopic (exact) mass is 244 g/mol. The Bertz CT molecular complexity index is 476. The summed E-state index contributed by atoms with van der Waals surface area (Å²) in [5, 5.41) is 7.94. The van der Waals surface area contributed by atoms with Crippen molar-refractivity contribution in [2.24, 2.45) is 0 Å². The minimum Gasteiger partial charge on any atom is -0.303 e. The average Bonchev–Trinajstić information content (AvgIpc) is 2.86. The Labute approximate surface area is 108 Å². The van der Waals surface area contributed by atoms with E-state index in [-0.39, 0.29) is 6.04 Å². The standard InChI is InChI=1S/C14H20N4/c1-11(2)18-9-7-13(17-18)10-16-12(3)14-6-4-5-8-15-14/h4-9,11-12,16H,10H2,1-3H3/t12-/m0/s1. The predicted octanol–water partition coefficient (Wildman–Crippen LogP) is 2.71. The molecule has 4 heteroatoms. The van der Waals surface area contributed by atoms with Crippen LogP contribution in [-0.2, 0) is 6.54 Å². The third-order valence-corrected chi connectivity index (χ3v) is 2.91.